The quantitative estimate of drug-likeness (QED) is 0.521. The molecule has 0 bridgehead atoms. The van der Waals surface area contributed by atoms with Gasteiger partial charge in [-0.15, -0.1) is 0 Å². The molecule has 5 nitrogen and oxygen atoms in total. The number of ether oxygens (including phenoxy) is 1. The van der Waals surface area contributed by atoms with Gasteiger partial charge in [0, 0.05) is 11.6 Å². The van der Waals surface area contributed by atoms with E-state index in [-0.39, 0.29) is 26.4 Å². The zero-order valence-corrected chi connectivity index (χ0v) is 11.4. The van der Waals surface area contributed by atoms with E-state index in [4.69, 9.17) is 26.6 Å². The summed E-state index contributed by atoms with van der Waals surface area (Å²) in [5.74, 6) is 0. The monoisotopic (exact) mass is 289 g/mol. The molecule has 0 aliphatic carbocycles. The third-order valence-corrected chi connectivity index (χ3v) is 2.98. The molecule has 0 heterocycles. The third-order valence-electron chi connectivity index (χ3n) is 2.61. The van der Waals surface area contributed by atoms with E-state index in [0.717, 1.165) is 5.56 Å². The van der Waals surface area contributed by atoms with Crippen molar-refractivity contribution in [2.75, 3.05) is 26.4 Å². The molecule has 0 fully saturated rings. The molecule has 4 N–H and O–H groups in total. The van der Waals surface area contributed by atoms with Crippen molar-refractivity contribution in [3.63, 3.8) is 0 Å². The molecule has 0 amide bonds. The topological polar surface area (TPSA) is 82.0 Å². The van der Waals surface area contributed by atoms with Gasteiger partial charge in [-0.3, -0.25) is 0 Å². The number of aliphatic hydroxyl groups is 3. The summed E-state index contributed by atoms with van der Waals surface area (Å²) in [5.41, 5.74) is 0.868. The fourth-order valence-corrected chi connectivity index (χ4v) is 1.66. The highest BCUT2D eigenvalue weighted by molar-refractivity contribution is 6.31. The molecule has 6 heteroatoms. The van der Waals surface area contributed by atoms with Gasteiger partial charge in [-0.25, -0.2) is 0 Å². The molecule has 0 spiro atoms. The maximum atomic E-state index is 9.65. The van der Waals surface area contributed by atoms with Crippen molar-refractivity contribution >= 4 is 11.6 Å². The molecule has 1 atom stereocenters. The smallest absolute Gasteiger partial charge is 0.0897 e. The van der Waals surface area contributed by atoms with Crippen LogP contribution in [0.25, 0.3) is 0 Å². The number of aliphatic hydroxyl groups excluding tert-OH is 3. The summed E-state index contributed by atoms with van der Waals surface area (Å²) in [6, 6.07) is 6.94. The lowest BCUT2D eigenvalue weighted by Gasteiger charge is -2.17. The van der Waals surface area contributed by atoms with Crippen LogP contribution >= 0.6 is 11.6 Å². The molecular formula is C13H20ClNO4. The first-order valence-electron chi connectivity index (χ1n) is 6.11. The lowest BCUT2D eigenvalue weighted by Crippen LogP contribution is -2.41. The Morgan fingerprint density at radius 2 is 1.89 bits per heavy atom. The van der Waals surface area contributed by atoms with Gasteiger partial charge in [0.1, 0.15) is 0 Å². The van der Waals surface area contributed by atoms with Crippen LogP contribution in [-0.2, 0) is 11.3 Å². The van der Waals surface area contributed by atoms with Crippen LogP contribution in [0.3, 0.4) is 0 Å². The van der Waals surface area contributed by atoms with Crippen molar-refractivity contribution in [1.29, 1.82) is 0 Å². The van der Waals surface area contributed by atoms with Crippen molar-refractivity contribution in [3.8, 4) is 0 Å². The Labute approximate surface area is 117 Å². The number of halogens is 1. The Hall–Kier alpha value is -0.690. The Balaban J connectivity index is 2.20. The average molecular weight is 290 g/mol. The normalized spacial score (nSPS) is 12.9. The van der Waals surface area contributed by atoms with E-state index >= 15 is 0 Å². The summed E-state index contributed by atoms with van der Waals surface area (Å²) in [6.07, 6.45) is -0.705. The molecule has 1 aromatic carbocycles. The van der Waals surface area contributed by atoms with Crippen LogP contribution in [0.5, 0.6) is 0 Å². The first kappa shape index (κ1) is 16.4. The zero-order chi connectivity index (χ0) is 14.1. The van der Waals surface area contributed by atoms with Crippen molar-refractivity contribution in [3.05, 3.63) is 34.9 Å². The molecule has 19 heavy (non-hydrogen) atoms. The minimum atomic E-state index is -0.705. The Morgan fingerprint density at radius 1 is 1.21 bits per heavy atom. The number of nitrogens with one attached hydrogen (secondary N) is 1. The Morgan fingerprint density at radius 3 is 2.53 bits per heavy atom. The minimum Gasteiger partial charge on any atom is -0.395 e. The van der Waals surface area contributed by atoms with Crippen LogP contribution in [-0.4, -0.2) is 53.8 Å². The maximum Gasteiger partial charge on any atom is 0.0897 e. The van der Waals surface area contributed by atoms with Gasteiger partial charge < -0.3 is 25.4 Å². The summed E-state index contributed by atoms with van der Waals surface area (Å²) in [6.45, 7) is 0.379. The van der Waals surface area contributed by atoms with E-state index in [1.807, 2.05) is 18.2 Å². The first-order valence-corrected chi connectivity index (χ1v) is 6.49. The number of rotatable bonds is 9. The van der Waals surface area contributed by atoms with E-state index in [9.17, 15) is 5.11 Å². The summed E-state index contributed by atoms with van der Waals surface area (Å²) >= 11 is 5.97. The van der Waals surface area contributed by atoms with Crippen molar-refractivity contribution in [1.82, 2.24) is 5.32 Å². The van der Waals surface area contributed by atoms with Crippen LogP contribution < -0.4 is 5.32 Å². The standard InChI is InChI=1S/C13H20ClNO4/c14-13-4-2-1-3-10(13)8-19-9-12(18)5-15-11(6-16)7-17/h1-4,11-12,15-18H,5-9H2. The highest BCUT2D eigenvalue weighted by Gasteiger charge is 2.09. The van der Waals surface area contributed by atoms with Gasteiger partial charge in [0.15, 0.2) is 0 Å². The molecule has 1 unspecified atom stereocenters. The SMILES string of the molecule is OCC(CO)NCC(O)COCc1ccccc1Cl. The van der Waals surface area contributed by atoms with Gasteiger partial charge in [0.2, 0.25) is 0 Å². The Kier molecular flexibility index (Phi) is 7.97. The fraction of sp³-hybridized carbons (Fsp3) is 0.538. The lowest BCUT2D eigenvalue weighted by atomic mass is 10.2. The third kappa shape index (κ3) is 6.33. The van der Waals surface area contributed by atoms with E-state index < -0.39 is 12.1 Å². The van der Waals surface area contributed by atoms with Gasteiger partial charge in [0.25, 0.3) is 0 Å². The van der Waals surface area contributed by atoms with Crippen LogP contribution in [0.4, 0.5) is 0 Å². The van der Waals surface area contributed by atoms with Crippen molar-refractivity contribution < 1.29 is 20.1 Å². The van der Waals surface area contributed by atoms with Gasteiger partial charge in [-0.2, -0.15) is 0 Å². The molecule has 0 aliphatic rings. The Bertz CT molecular complexity index is 360. The lowest BCUT2D eigenvalue weighted by molar-refractivity contribution is 0.0251. The highest BCUT2D eigenvalue weighted by atomic mass is 35.5. The van der Waals surface area contributed by atoms with Crippen LogP contribution in [0.1, 0.15) is 5.56 Å². The average Bonchev–Trinajstić information content (AvgIpc) is 2.42. The van der Waals surface area contributed by atoms with E-state index in [1.165, 1.54) is 0 Å². The molecule has 0 saturated heterocycles. The van der Waals surface area contributed by atoms with Crippen molar-refractivity contribution in [2.24, 2.45) is 0 Å². The molecule has 0 radical (unpaired) electrons. The van der Waals surface area contributed by atoms with Crippen LogP contribution in [0, 0.1) is 0 Å². The van der Waals surface area contributed by atoms with Crippen LogP contribution in [0.15, 0.2) is 24.3 Å². The second-order valence-electron chi connectivity index (χ2n) is 4.23. The predicted molar refractivity (Wildman–Crippen MR) is 73.1 cm³/mol. The molecule has 1 rings (SSSR count). The number of hydrogen-bond donors (Lipinski definition) is 4. The second-order valence-corrected chi connectivity index (χ2v) is 4.64. The number of benzene rings is 1. The molecule has 0 aliphatic heterocycles. The van der Waals surface area contributed by atoms with E-state index in [1.54, 1.807) is 6.07 Å². The largest absolute Gasteiger partial charge is 0.395 e. The molecule has 1 aromatic rings. The van der Waals surface area contributed by atoms with E-state index in [0.29, 0.717) is 11.6 Å². The fourth-order valence-electron chi connectivity index (χ4n) is 1.47. The van der Waals surface area contributed by atoms with Crippen molar-refractivity contribution in [2.45, 2.75) is 18.8 Å². The summed E-state index contributed by atoms with van der Waals surface area (Å²) < 4.78 is 5.36. The van der Waals surface area contributed by atoms with Gasteiger partial charge in [-0.1, -0.05) is 29.8 Å². The highest BCUT2D eigenvalue weighted by Crippen LogP contribution is 2.15. The van der Waals surface area contributed by atoms with Crippen LogP contribution in [0.2, 0.25) is 5.02 Å². The second kappa shape index (κ2) is 9.25. The zero-order valence-electron chi connectivity index (χ0n) is 10.6. The molecule has 108 valence electrons. The molecule has 0 aromatic heterocycles. The first-order chi connectivity index (χ1) is 9.17. The summed E-state index contributed by atoms with van der Waals surface area (Å²) in [4.78, 5) is 0. The molecule has 0 saturated carbocycles. The summed E-state index contributed by atoms with van der Waals surface area (Å²) in [5, 5.41) is 30.8. The van der Waals surface area contributed by atoms with Gasteiger partial charge >= 0.3 is 0 Å². The maximum absolute atomic E-state index is 9.65. The van der Waals surface area contributed by atoms with Gasteiger partial charge in [-0.05, 0) is 11.6 Å². The minimum absolute atomic E-state index is 0.155. The van der Waals surface area contributed by atoms with E-state index in [2.05, 4.69) is 5.32 Å². The number of hydrogen-bond acceptors (Lipinski definition) is 5. The molecular weight excluding hydrogens is 270 g/mol. The van der Waals surface area contributed by atoms with Gasteiger partial charge in [0.05, 0.1) is 38.6 Å². The summed E-state index contributed by atoms with van der Waals surface area (Å²) in [7, 11) is 0. The predicted octanol–water partition coefficient (Wildman–Crippen LogP) is 0.160.